The molecular weight excluding hydrogens is 346 g/mol. The van der Waals surface area contributed by atoms with E-state index in [0.717, 1.165) is 16.8 Å². The minimum atomic E-state index is -0.318. The zero-order valence-corrected chi connectivity index (χ0v) is 15.7. The zero-order valence-electron chi connectivity index (χ0n) is 15.7. The molecule has 0 radical (unpaired) electrons. The van der Waals surface area contributed by atoms with E-state index in [2.05, 4.69) is 10.6 Å². The van der Waals surface area contributed by atoms with Crippen molar-refractivity contribution in [2.45, 2.75) is 19.9 Å². The first-order chi connectivity index (χ1) is 13.0. The fourth-order valence-corrected chi connectivity index (χ4v) is 3.16. The molecule has 2 aromatic rings. The molecule has 0 saturated heterocycles. The third-order valence-corrected chi connectivity index (χ3v) is 4.49. The number of fused-ring (bicyclic) bond motifs is 1. The minimum absolute atomic E-state index is 0.0857. The van der Waals surface area contributed by atoms with Gasteiger partial charge < -0.3 is 25.0 Å². The molecule has 0 unspecified atom stereocenters. The summed E-state index contributed by atoms with van der Waals surface area (Å²) < 4.78 is 10.5. The SMILES string of the molecule is CCN1C(=O)Cc2cc(NC(=O)NCc3ccc(OC)c(OC)c3)ccc21. The number of nitrogens with one attached hydrogen (secondary N) is 2. The average molecular weight is 369 g/mol. The summed E-state index contributed by atoms with van der Waals surface area (Å²) in [6, 6.07) is 10.7. The van der Waals surface area contributed by atoms with Crippen molar-refractivity contribution in [1.29, 1.82) is 0 Å². The van der Waals surface area contributed by atoms with E-state index in [1.165, 1.54) is 0 Å². The molecule has 3 amide bonds. The number of carbonyl (C=O) groups is 2. The number of likely N-dealkylation sites (N-methyl/N-ethyl adjacent to an activating group) is 1. The molecule has 0 aromatic heterocycles. The molecule has 2 N–H and O–H groups in total. The molecule has 1 heterocycles. The number of hydrogen-bond acceptors (Lipinski definition) is 4. The van der Waals surface area contributed by atoms with Gasteiger partial charge in [0.05, 0.1) is 20.6 Å². The highest BCUT2D eigenvalue weighted by Gasteiger charge is 2.25. The number of amides is 3. The van der Waals surface area contributed by atoms with Gasteiger partial charge in [0.2, 0.25) is 5.91 Å². The van der Waals surface area contributed by atoms with E-state index < -0.39 is 0 Å². The van der Waals surface area contributed by atoms with Gasteiger partial charge in [0.25, 0.3) is 0 Å². The van der Waals surface area contributed by atoms with Crippen LogP contribution in [0.5, 0.6) is 11.5 Å². The monoisotopic (exact) mass is 369 g/mol. The highest BCUT2D eigenvalue weighted by atomic mass is 16.5. The van der Waals surface area contributed by atoms with Crippen LogP contribution < -0.4 is 25.0 Å². The topological polar surface area (TPSA) is 79.9 Å². The van der Waals surface area contributed by atoms with Gasteiger partial charge in [0.15, 0.2) is 11.5 Å². The summed E-state index contributed by atoms with van der Waals surface area (Å²) in [5.74, 6) is 1.34. The minimum Gasteiger partial charge on any atom is -0.493 e. The van der Waals surface area contributed by atoms with Crippen molar-refractivity contribution in [3.05, 3.63) is 47.5 Å². The number of methoxy groups -OCH3 is 2. The first kappa shape index (κ1) is 18.6. The second kappa shape index (κ2) is 7.99. The maximum absolute atomic E-state index is 12.2. The molecule has 2 aromatic carbocycles. The van der Waals surface area contributed by atoms with Gasteiger partial charge in [-0.15, -0.1) is 0 Å². The Morgan fingerprint density at radius 3 is 2.59 bits per heavy atom. The fraction of sp³-hybridized carbons (Fsp3) is 0.300. The van der Waals surface area contributed by atoms with E-state index in [0.29, 0.717) is 36.7 Å². The highest BCUT2D eigenvalue weighted by Crippen LogP contribution is 2.31. The Morgan fingerprint density at radius 2 is 1.89 bits per heavy atom. The van der Waals surface area contributed by atoms with E-state index in [4.69, 9.17) is 9.47 Å². The number of benzene rings is 2. The van der Waals surface area contributed by atoms with Crippen molar-refractivity contribution in [2.75, 3.05) is 31.0 Å². The molecule has 0 fully saturated rings. The van der Waals surface area contributed by atoms with Crippen LogP contribution in [0.3, 0.4) is 0 Å². The average Bonchev–Trinajstić information content (AvgIpc) is 3.00. The molecular formula is C20H23N3O4. The Labute approximate surface area is 158 Å². The Morgan fingerprint density at radius 1 is 1.11 bits per heavy atom. The molecule has 0 aliphatic carbocycles. The fourth-order valence-electron chi connectivity index (χ4n) is 3.16. The Balaban J connectivity index is 1.60. The van der Waals surface area contributed by atoms with Crippen molar-refractivity contribution in [1.82, 2.24) is 5.32 Å². The molecule has 1 aliphatic heterocycles. The van der Waals surface area contributed by atoms with E-state index in [1.54, 1.807) is 31.3 Å². The van der Waals surface area contributed by atoms with Crippen LogP contribution in [0, 0.1) is 0 Å². The molecule has 7 nitrogen and oxygen atoms in total. The quantitative estimate of drug-likeness (QED) is 0.820. The van der Waals surface area contributed by atoms with E-state index in [9.17, 15) is 9.59 Å². The molecule has 7 heteroatoms. The predicted molar refractivity (Wildman–Crippen MR) is 104 cm³/mol. The van der Waals surface area contributed by atoms with Gasteiger partial charge in [-0.05, 0) is 48.4 Å². The summed E-state index contributed by atoms with van der Waals surface area (Å²) in [7, 11) is 3.15. The zero-order chi connectivity index (χ0) is 19.4. The van der Waals surface area contributed by atoms with Crippen LogP contribution in [0.15, 0.2) is 36.4 Å². The molecule has 1 aliphatic rings. The lowest BCUT2D eigenvalue weighted by molar-refractivity contribution is -0.117. The van der Waals surface area contributed by atoms with Crippen LogP contribution in [-0.2, 0) is 17.8 Å². The Hall–Kier alpha value is -3.22. The number of anilines is 2. The smallest absolute Gasteiger partial charge is 0.319 e. The Bertz CT molecular complexity index is 866. The first-order valence-electron chi connectivity index (χ1n) is 8.74. The Kier molecular flexibility index (Phi) is 5.49. The van der Waals surface area contributed by atoms with Crippen LogP contribution in [0.1, 0.15) is 18.1 Å². The number of urea groups is 1. The number of carbonyl (C=O) groups excluding carboxylic acids is 2. The van der Waals surface area contributed by atoms with Crippen molar-refractivity contribution in [3.63, 3.8) is 0 Å². The molecule has 0 saturated carbocycles. The molecule has 3 rings (SSSR count). The summed E-state index contributed by atoms with van der Waals surface area (Å²) >= 11 is 0. The second-order valence-corrected chi connectivity index (χ2v) is 6.16. The number of nitrogens with zero attached hydrogens (tertiary/aromatic N) is 1. The third-order valence-electron chi connectivity index (χ3n) is 4.49. The first-order valence-corrected chi connectivity index (χ1v) is 8.74. The third kappa shape index (κ3) is 3.97. The summed E-state index contributed by atoms with van der Waals surface area (Å²) in [5.41, 5.74) is 3.39. The number of hydrogen-bond donors (Lipinski definition) is 2. The van der Waals surface area contributed by atoms with Gasteiger partial charge in [-0.3, -0.25) is 4.79 Å². The maximum atomic E-state index is 12.2. The van der Waals surface area contributed by atoms with Crippen molar-refractivity contribution in [3.8, 4) is 11.5 Å². The molecule has 142 valence electrons. The lowest BCUT2D eigenvalue weighted by Crippen LogP contribution is -2.28. The normalized spacial score (nSPS) is 12.6. The maximum Gasteiger partial charge on any atom is 0.319 e. The van der Waals surface area contributed by atoms with Crippen molar-refractivity contribution < 1.29 is 19.1 Å². The van der Waals surface area contributed by atoms with Gasteiger partial charge in [0.1, 0.15) is 0 Å². The second-order valence-electron chi connectivity index (χ2n) is 6.16. The number of rotatable bonds is 6. The van der Waals surface area contributed by atoms with Crippen LogP contribution in [-0.4, -0.2) is 32.7 Å². The molecule has 0 spiro atoms. The van der Waals surface area contributed by atoms with Crippen LogP contribution in [0.25, 0.3) is 0 Å². The lowest BCUT2D eigenvalue weighted by Gasteiger charge is -2.15. The standard InChI is InChI=1S/C20H23N3O4/c1-4-23-16-7-6-15(10-14(16)11-19(23)24)22-20(25)21-12-13-5-8-17(26-2)18(9-13)27-3/h5-10H,4,11-12H2,1-3H3,(H2,21,22,25). The van der Waals surface area contributed by atoms with E-state index in [1.807, 2.05) is 31.2 Å². The van der Waals surface area contributed by atoms with Crippen LogP contribution in [0.2, 0.25) is 0 Å². The van der Waals surface area contributed by atoms with Crippen molar-refractivity contribution >= 4 is 23.3 Å². The molecule has 27 heavy (non-hydrogen) atoms. The van der Waals surface area contributed by atoms with Gasteiger partial charge in [0, 0.05) is 24.5 Å². The summed E-state index contributed by atoms with van der Waals surface area (Å²) in [4.78, 5) is 25.9. The largest absolute Gasteiger partial charge is 0.493 e. The van der Waals surface area contributed by atoms with Gasteiger partial charge in [-0.2, -0.15) is 0 Å². The highest BCUT2D eigenvalue weighted by molar-refractivity contribution is 6.02. The van der Waals surface area contributed by atoms with Crippen LogP contribution in [0.4, 0.5) is 16.2 Å². The van der Waals surface area contributed by atoms with Gasteiger partial charge in [-0.1, -0.05) is 6.07 Å². The molecule has 0 bridgehead atoms. The summed E-state index contributed by atoms with van der Waals surface area (Å²) in [6.45, 7) is 2.93. The summed E-state index contributed by atoms with van der Waals surface area (Å²) in [6.07, 6.45) is 0.367. The van der Waals surface area contributed by atoms with E-state index >= 15 is 0 Å². The van der Waals surface area contributed by atoms with Crippen molar-refractivity contribution in [2.24, 2.45) is 0 Å². The summed E-state index contributed by atoms with van der Waals surface area (Å²) in [5, 5.41) is 5.61. The number of ether oxygens (including phenoxy) is 2. The van der Waals surface area contributed by atoms with E-state index in [-0.39, 0.29) is 11.9 Å². The van der Waals surface area contributed by atoms with Gasteiger partial charge in [-0.25, -0.2) is 4.79 Å². The molecule has 0 atom stereocenters. The van der Waals surface area contributed by atoms with Crippen LogP contribution >= 0.6 is 0 Å². The predicted octanol–water partition coefficient (Wildman–Crippen LogP) is 2.93. The van der Waals surface area contributed by atoms with Gasteiger partial charge >= 0.3 is 6.03 Å². The lowest BCUT2D eigenvalue weighted by atomic mass is 10.1.